The highest BCUT2D eigenvalue weighted by atomic mass is 32.2. The van der Waals surface area contributed by atoms with Crippen molar-refractivity contribution in [1.29, 1.82) is 0 Å². The van der Waals surface area contributed by atoms with Crippen molar-refractivity contribution >= 4 is 27.1 Å². The molecule has 3 aliphatic heterocycles. The molecule has 0 radical (unpaired) electrons. The van der Waals surface area contributed by atoms with Crippen LogP contribution in [0.1, 0.15) is 28.9 Å². The molecule has 2 aromatic rings. The Balaban J connectivity index is 1.46. The number of amidine groups is 1. The zero-order valence-corrected chi connectivity index (χ0v) is 20.2. The molecule has 0 bridgehead atoms. The molecule has 0 spiro atoms. The van der Waals surface area contributed by atoms with E-state index in [1.165, 1.54) is 0 Å². The molecule has 9 heteroatoms. The van der Waals surface area contributed by atoms with Crippen LogP contribution in [-0.4, -0.2) is 54.6 Å². The number of para-hydroxylation sites is 1. The predicted molar refractivity (Wildman–Crippen MR) is 133 cm³/mol. The maximum atomic E-state index is 13.5. The number of aromatic nitrogens is 1. The number of carbonyl (C=O) groups is 2. The van der Waals surface area contributed by atoms with Gasteiger partial charge in [0.2, 0.25) is 0 Å². The van der Waals surface area contributed by atoms with Crippen LogP contribution in [0.5, 0.6) is 5.75 Å². The number of nitrogens with zero attached hydrogens (tertiary/aromatic N) is 2. The maximum Gasteiger partial charge on any atom is 0.259 e. The Kier molecular flexibility index (Phi) is 6.49. The van der Waals surface area contributed by atoms with E-state index < -0.39 is 10.9 Å². The van der Waals surface area contributed by atoms with Crippen LogP contribution < -0.4 is 15.4 Å². The lowest BCUT2D eigenvalue weighted by Gasteiger charge is -2.27. The van der Waals surface area contributed by atoms with Gasteiger partial charge in [-0.3, -0.25) is 14.6 Å². The number of amides is 1. The number of hydrogen-bond donors (Lipinski definition) is 3. The van der Waals surface area contributed by atoms with E-state index in [0.717, 1.165) is 40.3 Å². The van der Waals surface area contributed by atoms with E-state index in [9.17, 15) is 9.59 Å². The van der Waals surface area contributed by atoms with Gasteiger partial charge in [-0.2, -0.15) is 0 Å². The molecule has 1 aromatic carbocycles. The average Bonchev–Trinajstić information content (AvgIpc) is 3.45. The van der Waals surface area contributed by atoms with Gasteiger partial charge < -0.3 is 20.1 Å². The quantitative estimate of drug-likeness (QED) is 0.582. The zero-order valence-electron chi connectivity index (χ0n) is 19.3. The second kappa shape index (κ2) is 9.69. The molecule has 178 valence electrons. The fourth-order valence-corrected chi connectivity index (χ4v) is 6.95. The number of pyridine rings is 1. The molecule has 1 aromatic heterocycles. The number of thiol groups is 1. The van der Waals surface area contributed by atoms with Crippen molar-refractivity contribution < 1.29 is 19.1 Å². The molecule has 1 amide bonds. The molecule has 3 aliphatic rings. The molecular weight excluding hydrogens is 452 g/mol. The summed E-state index contributed by atoms with van der Waals surface area (Å²) in [5.74, 6) is 0.183. The van der Waals surface area contributed by atoms with Gasteiger partial charge in [0.15, 0.2) is 10.3 Å². The van der Waals surface area contributed by atoms with Crippen LogP contribution in [0.4, 0.5) is 0 Å². The summed E-state index contributed by atoms with van der Waals surface area (Å²) in [5.41, 5.74) is 3.60. The number of aliphatic imine (C=N–C) groups is 1. The van der Waals surface area contributed by atoms with Gasteiger partial charge >= 0.3 is 0 Å². The van der Waals surface area contributed by atoms with E-state index in [1.54, 1.807) is 13.3 Å². The highest BCUT2D eigenvalue weighted by molar-refractivity contribution is 8.44. The standard InChI is InChI=1S/C25H28N4O4S/c1-15-10-18(17-7-3-4-8-21(17)32-2)19(11-27-15)23(30)29-25-28-20-12-26-13-22(20)34(25)24(31)16-6-5-9-33-14-16/h3-4,7-8,10-11,16,26,34H,5-6,9,12-14H2,1-2H3,(H,28,29,30)/t16-/m1/s1. The Morgan fingerprint density at radius 2 is 2.09 bits per heavy atom. The minimum atomic E-state index is -1.36. The molecule has 2 atom stereocenters. The number of hydrogen-bond acceptors (Lipinski definition) is 7. The third-order valence-electron chi connectivity index (χ3n) is 6.28. The van der Waals surface area contributed by atoms with Crippen molar-refractivity contribution in [3.8, 4) is 16.9 Å². The van der Waals surface area contributed by atoms with Gasteiger partial charge in [0, 0.05) is 47.6 Å². The van der Waals surface area contributed by atoms with E-state index in [0.29, 0.717) is 42.8 Å². The molecule has 1 fully saturated rings. The van der Waals surface area contributed by atoms with Crippen LogP contribution >= 0.6 is 10.9 Å². The molecule has 0 aliphatic carbocycles. The predicted octanol–water partition coefficient (Wildman–Crippen LogP) is 2.93. The molecule has 5 rings (SSSR count). The van der Waals surface area contributed by atoms with Gasteiger partial charge in [-0.25, -0.2) is 4.99 Å². The summed E-state index contributed by atoms with van der Waals surface area (Å²) in [5, 5.41) is 6.87. The van der Waals surface area contributed by atoms with Gasteiger partial charge in [0.1, 0.15) is 5.75 Å². The number of methoxy groups -OCH3 is 1. The fourth-order valence-electron chi connectivity index (χ4n) is 4.56. The largest absolute Gasteiger partial charge is 0.496 e. The number of carbonyl (C=O) groups excluding carboxylic acids is 2. The monoisotopic (exact) mass is 480 g/mol. The van der Waals surface area contributed by atoms with Gasteiger partial charge in [-0.15, -0.1) is 10.9 Å². The Bertz CT molecular complexity index is 1200. The van der Waals surface area contributed by atoms with E-state index in [4.69, 9.17) is 14.5 Å². The summed E-state index contributed by atoms with van der Waals surface area (Å²) >= 11 is 0. The molecule has 1 unspecified atom stereocenters. The van der Waals surface area contributed by atoms with Crippen LogP contribution in [0, 0.1) is 12.8 Å². The summed E-state index contributed by atoms with van der Waals surface area (Å²) in [4.78, 5) is 37.1. The zero-order chi connectivity index (χ0) is 23.7. The van der Waals surface area contributed by atoms with Crippen molar-refractivity contribution in [2.24, 2.45) is 10.9 Å². The Hall–Kier alpha value is -3.01. The molecule has 4 heterocycles. The van der Waals surface area contributed by atoms with Crippen molar-refractivity contribution in [2.75, 3.05) is 33.4 Å². The first-order chi connectivity index (χ1) is 16.6. The minimum Gasteiger partial charge on any atom is -0.496 e. The van der Waals surface area contributed by atoms with Gasteiger partial charge in [0.05, 0.1) is 30.9 Å². The third kappa shape index (κ3) is 4.26. The molecular formula is C25H28N4O4S. The van der Waals surface area contributed by atoms with Gasteiger partial charge in [-0.1, -0.05) is 18.2 Å². The smallest absolute Gasteiger partial charge is 0.259 e. The highest BCUT2D eigenvalue weighted by Gasteiger charge is 2.39. The third-order valence-corrected chi connectivity index (χ3v) is 8.68. The second-order valence-electron chi connectivity index (χ2n) is 8.55. The van der Waals surface area contributed by atoms with Crippen LogP contribution in [0.15, 0.2) is 52.1 Å². The lowest BCUT2D eigenvalue weighted by molar-refractivity contribution is -0.118. The minimum absolute atomic E-state index is 0.134. The molecule has 0 saturated carbocycles. The Morgan fingerprint density at radius 1 is 1.24 bits per heavy atom. The summed E-state index contributed by atoms with van der Waals surface area (Å²) < 4.78 is 11.1. The van der Waals surface area contributed by atoms with Gasteiger partial charge in [-0.05, 0) is 31.9 Å². The van der Waals surface area contributed by atoms with Crippen LogP contribution in [0.25, 0.3) is 11.1 Å². The van der Waals surface area contributed by atoms with Crippen molar-refractivity contribution in [3.63, 3.8) is 0 Å². The molecule has 2 N–H and O–H groups in total. The summed E-state index contributed by atoms with van der Waals surface area (Å²) in [7, 11) is 0.242. The van der Waals surface area contributed by atoms with E-state index >= 15 is 0 Å². The topological polar surface area (TPSA) is 102 Å². The molecule has 34 heavy (non-hydrogen) atoms. The van der Waals surface area contributed by atoms with E-state index in [-0.39, 0.29) is 16.9 Å². The maximum absolute atomic E-state index is 13.5. The van der Waals surface area contributed by atoms with Crippen molar-refractivity contribution in [3.05, 3.63) is 58.4 Å². The number of benzene rings is 1. The van der Waals surface area contributed by atoms with Crippen LogP contribution in [0.3, 0.4) is 0 Å². The first kappa shape index (κ1) is 22.8. The SMILES string of the molecule is COc1ccccc1-c1cc(C)ncc1C(=O)NC1=NC2=C(CNC2)[SH]1C(=O)[C@@H]1CCCOC1. The number of nitrogens with one attached hydrogen (secondary N) is 2. The Morgan fingerprint density at radius 3 is 2.88 bits per heavy atom. The first-order valence-electron chi connectivity index (χ1n) is 11.4. The number of aryl methyl sites for hydroxylation is 1. The van der Waals surface area contributed by atoms with Crippen LogP contribution in [-0.2, 0) is 9.53 Å². The Labute approximate surface area is 201 Å². The first-order valence-corrected chi connectivity index (χ1v) is 12.8. The average molecular weight is 481 g/mol. The molecule has 1 saturated heterocycles. The second-order valence-corrected chi connectivity index (χ2v) is 10.6. The van der Waals surface area contributed by atoms with E-state index in [1.807, 2.05) is 37.3 Å². The highest BCUT2D eigenvalue weighted by Crippen LogP contribution is 2.48. The summed E-state index contributed by atoms with van der Waals surface area (Å²) in [6, 6.07) is 9.44. The van der Waals surface area contributed by atoms with Crippen molar-refractivity contribution in [2.45, 2.75) is 19.8 Å². The number of ether oxygens (including phenoxy) is 2. The normalized spacial score (nSPS) is 22.8. The molecule has 8 nitrogen and oxygen atoms in total. The van der Waals surface area contributed by atoms with Crippen molar-refractivity contribution in [1.82, 2.24) is 15.6 Å². The summed E-state index contributed by atoms with van der Waals surface area (Å²) in [6.07, 6.45) is 3.26. The summed E-state index contributed by atoms with van der Waals surface area (Å²) in [6.45, 7) is 4.26. The number of rotatable bonds is 4. The lowest BCUT2D eigenvalue weighted by atomic mass is 9.99. The lowest BCUT2D eigenvalue weighted by Crippen LogP contribution is -2.35. The van der Waals surface area contributed by atoms with Crippen LogP contribution in [0.2, 0.25) is 0 Å². The fraction of sp³-hybridized carbons (Fsp3) is 0.360. The van der Waals surface area contributed by atoms with Gasteiger partial charge in [0.25, 0.3) is 5.91 Å². The van der Waals surface area contributed by atoms with E-state index in [2.05, 4.69) is 15.6 Å².